The fraction of sp³-hybridized carbons (Fsp3) is 0.391. The van der Waals surface area contributed by atoms with Crippen molar-refractivity contribution in [2.75, 3.05) is 31.1 Å². The number of hydrogen-bond acceptors (Lipinski definition) is 7. The van der Waals surface area contributed by atoms with Crippen LogP contribution in [0, 0.1) is 0 Å². The molecule has 2 atom stereocenters. The van der Waals surface area contributed by atoms with Crippen molar-refractivity contribution >= 4 is 22.5 Å². The number of amides is 1. The first kappa shape index (κ1) is 19.7. The zero-order valence-electron chi connectivity index (χ0n) is 17.2. The molecule has 160 valence electrons. The molecule has 0 saturated carbocycles. The number of carbonyl (C=O) groups is 1. The Morgan fingerprint density at radius 2 is 1.94 bits per heavy atom. The summed E-state index contributed by atoms with van der Waals surface area (Å²) in [5.41, 5.74) is 0.358. The van der Waals surface area contributed by atoms with Gasteiger partial charge in [-0.25, -0.2) is 4.98 Å². The summed E-state index contributed by atoms with van der Waals surface area (Å²) in [7, 11) is 0. The lowest BCUT2D eigenvalue weighted by molar-refractivity contribution is 0.0249. The van der Waals surface area contributed by atoms with E-state index in [1.807, 2.05) is 34.1 Å². The second-order valence-corrected chi connectivity index (χ2v) is 8.07. The summed E-state index contributed by atoms with van der Waals surface area (Å²) in [6, 6.07) is 7.76. The Labute approximate surface area is 180 Å². The lowest BCUT2D eigenvalue weighted by Crippen LogP contribution is -2.49. The Morgan fingerprint density at radius 3 is 2.77 bits per heavy atom. The highest BCUT2D eigenvalue weighted by Gasteiger charge is 2.31. The quantitative estimate of drug-likeness (QED) is 0.694. The molecule has 0 bridgehead atoms. The van der Waals surface area contributed by atoms with Gasteiger partial charge in [0.1, 0.15) is 29.5 Å². The second kappa shape index (κ2) is 8.47. The standard InChI is InChI=1S/C23H25N5O3/c29-19-15-28(22-14-25-13-18(26-22)23(30)27-9-1-2-10-27)11-7-21(19)31-20-5-3-4-16-12-24-8-6-17(16)20/h3-6,8,12-14,19,21,29H,1-2,7,9-11,15H2/t19-,21-/m1/s1. The number of aliphatic hydroxyl groups excluding tert-OH is 1. The SMILES string of the molecule is O=C(c1cncc(N2CC[C@@H](Oc3cccc4cnccc34)[C@H](O)C2)n1)N1CCCC1. The van der Waals surface area contributed by atoms with Gasteiger partial charge < -0.3 is 19.6 Å². The van der Waals surface area contributed by atoms with E-state index in [-0.39, 0.29) is 12.0 Å². The molecule has 0 spiro atoms. The monoisotopic (exact) mass is 419 g/mol. The highest BCUT2D eigenvalue weighted by atomic mass is 16.5. The molecule has 8 nitrogen and oxygen atoms in total. The molecule has 4 heterocycles. The number of nitrogens with zero attached hydrogens (tertiary/aromatic N) is 5. The van der Waals surface area contributed by atoms with Crippen molar-refractivity contribution in [3.8, 4) is 5.75 Å². The Balaban J connectivity index is 1.28. The lowest BCUT2D eigenvalue weighted by Gasteiger charge is -2.36. The number of anilines is 1. The van der Waals surface area contributed by atoms with Gasteiger partial charge in [0, 0.05) is 55.8 Å². The number of pyridine rings is 1. The number of rotatable bonds is 4. The zero-order valence-corrected chi connectivity index (χ0v) is 17.2. The van der Waals surface area contributed by atoms with Crippen molar-refractivity contribution in [3.63, 3.8) is 0 Å². The van der Waals surface area contributed by atoms with Gasteiger partial charge in [-0.15, -0.1) is 0 Å². The van der Waals surface area contributed by atoms with Crippen LogP contribution < -0.4 is 9.64 Å². The maximum absolute atomic E-state index is 12.6. The third-order valence-corrected chi connectivity index (χ3v) is 6.00. The van der Waals surface area contributed by atoms with Gasteiger partial charge in [0.25, 0.3) is 5.91 Å². The minimum absolute atomic E-state index is 0.0731. The zero-order chi connectivity index (χ0) is 21.2. The number of hydrogen-bond donors (Lipinski definition) is 1. The highest BCUT2D eigenvalue weighted by Crippen LogP contribution is 2.28. The van der Waals surface area contributed by atoms with Gasteiger partial charge in [-0.05, 0) is 25.0 Å². The third kappa shape index (κ3) is 4.03. The van der Waals surface area contributed by atoms with Crippen LogP contribution in [0.2, 0.25) is 0 Å². The molecule has 1 N–H and O–H groups in total. The van der Waals surface area contributed by atoms with Crippen LogP contribution in [0.15, 0.2) is 49.1 Å². The van der Waals surface area contributed by atoms with Gasteiger partial charge in [0.2, 0.25) is 0 Å². The number of piperidine rings is 1. The van der Waals surface area contributed by atoms with Gasteiger partial charge in [-0.2, -0.15) is 0 Å². The van der Waals surface area contributed by atoms with E-state index in [0.29, 0.717) is 31.0 Å². The third-order valence-electron chi connectivity index (χ3n) is 6.00. The number of carbonyl (C=O) groups excluding carboxylic acids is 1. The molecule has 0 radical (unpaired) electrons. The van der Waals surface area contributed by atoms with Gasteiger partial charge in [-0.1, -0.05) is 12.1 Å². The predicted molar refractivity (Wildman–Crippen MR) is 116 cm³/mol. The summed E-state index contributed by atoms with van der Waals surface area (Å²) in [5.74, 6) is 1.28. The van der Waals surface area contributed by atoms with E-state index < -0.39 is 6.10 Å². The van der Waals surface area contributed by atoms with E-state index in [9.17, 15) is 9.90 Å². The van der Waals surface area contributed by atoms with Crippen molar-refractivity contribution in [1.82, 2.24) is 19.9 Å². The average molecular weight is 419 g/mol. The fourth-order valence-electron chi connectivity index (χ4n) is 4.31. The van der Waals surface area contributed by atoms with Crippen molar-refractivity contribution in [2.24, 2.45) is 0 Å². The van der Waals surface area contributed by atoms with Crippen LogP contribution in [0.3, 0.4) is 0 Å². The van der Waals surface area contributed by atoms with E-state index in [1.54, 1.807) is 18.6 Å². The number of aliphatic hydroxyl groups is 1. The maximum Gasteiger partial charge on any atom is 0.274 e. The van der Waals surface area contributed by atoms with Crippen LogP contribution in [-0.2, 0) is 0 Å². The largest absolute Gasteiger partial charge is 0.487 e. The van der Waals surface area contributed by atoms with E-state index >= 15 is 0 Å². The van der Waals surface area contributed by atoms with E-state index in [0.717, 1.165) is 42.5 Å². The number of ether oxygens (including phenoxy) is 1. The minimum atomic E-state index is -0.689. The van der Waals surface area contributed by atoms with E-state index in [1.165, 1.54) is 6.20 Å². The molecule has 1 aromatic carbocycles. The molecule has 31 heavy (non-hydrogen) atoms. The Kier molecular flexibility index (Phi) is 5.38. The number of benzene rings is 1. The molecule has 8 heteroatoms. The predicted octanol–water partition coefficient (Wildman–Crippen LogP) is 2.28. The van der Waals surface area contributed by atoms with Crippen LogP contribution in [0.4, 0.5) is 5.82 Å². The molecule has 5 rings (SSSR count). The molecule has 2 aromatic heterocycles. The van der Waals surface area contributed by atoms with Crippen LogP contribution >= 0.6 is 0 Å². The first-order valence-electron chi connectivity index (χ1n) is 10.7. The van der Waals surface area contributed by atoms with Crippen molar-refractivity contribution in [2.45, 2.75) is 31.5 Å². The summed E-state index contributed by atoms with van der Waals surface area (Å²) >= 11 is 0. The van der Waals surface area contributed by atoms with Gasteiger partial charge in [0.15, 0.2) is 0 Å². The van der Waals surface area contributed by atoms with Crippen molar-refractivity contribution in [3.05, 3.63) is 54.7 Å². The molecule has 0 aliphatic carbocycles. The second-order valence-electron chi connectivity index (χ2n) is 8.07. The van der Waals surface area contributed by atoms with E-state index in [4.69, 9.17) is 4.74 Å². The Bertz CT molecular complexity index is 1080. The van der Waals surface area contributed by atoms with Crippen molar-refractivity contribution < 1.29 is 14.6 Å². The topological polar surface area (TPSA) is 91.7 Å². The molecule has 2 fully saturated rings. The molecule has 2 aliphatic rings. The van der Waals surface area contributed by atoms with E-state index in [2.05, 4.69) is 15.0 Å². The molecule has 0 unspecified atom stereocenters. The van der Waals surface area contributed by atoms with Gasteiger partial charge in [-0.3, -0.25) is 14.8 Å². The molecular formula is C23H25N5O3. The van der Waals surface area contributed by atoms with Crippen LogP contribution in [0.5, 0.6) is 5.75 Å². The summed E-state index contributed by atoms with van der Waals surface area (Å²) in [6.45, 7) is 2.57. The summed E-state index contributed by atoms with van der Waals surface area (Å²) in [5, 5.41) is 12.8. The van der Waals surface area contributed by atoms with Crippen LogP contribution in [0.25, 0.3) is 10.8 Å². The Hall–Kier alpha value is -3.26. The number of β-amino-alcohol motifs (C(OH)–C–C–N with tert-alkyl or cyclic N) is 1. The molecular weight excluding hydrogens is 394 g/mol. The first-order valence-corrected chi connectivity index (χ1v) is 10.7. The van der Waals surface area contributed by atoms with Crippen molar-refractivity contribution in [1.29, 1.82) is 0 Å². The summed E-state index contributed by atoms with van der Waals surface area (Å²) in [4.78, 5) is 29.3. The molecule has 1 amide bonds. The lowest BCUT2D eigenvalue weighted by atomic mass is 10.0. The minimum Gasteiger partial charge on any atom is -0.487 e. The van der Waals surface area contributed by atoms with Crippen LogP contribution in [0.1, 0.15) is 29.8 Å². The highest BCUT2D eigenvalue weighted by molar-refractivity contribution is 5.92. The van der Waals surface area contributed by atoms with Gasteiger partial charge >= 0.3 is 0 Å². The molecule has 3 aromatic rings. The normalized spacial score (nSPS) is 21.5. The smallest absolute Gasteiger partial charge is 0.274 e. The van der Waals surface area contributed by atoms with Crippen LogP contribution in [-0.4, -0.2) is 69.3 Å². The van der Waals surface area contributed by atoms with Gasteiger partial charge in [0.05, 0.1) is 12.4 Å². The number of aromatic nitrogens is 3. The first-order chi connectivity index (χ1) is 15.2. The number of fused-ring (bicyclic) bond motifs is 1. The molecule has 2 aliphatic heterocycles. The summed E-state index contributed by atoms with van der Waals surface area (Å²) < 4.78 is 6.19. The summed E-state index contributed by atoms with van der Waals surface area (Å²) in [6.07, 6.45) is 8.40. The maximum atomic E-state index is 12.6. The average Bonchev–Trinajstić information content (AvgIpc) is 3.35. The fourth-order valence-corrected chi connectivity index (χ4v) is 4.31. The molecule has 2 saturated heterocycles. The number of likely N-dealkylation sites (tertiary alicyclic amines) is 1. The Morgan fingerprint density at radius 1 is 1.06 bits per heavy atom.